The molecule has 2 aromatic rings. The van der Waals surface area contributed by atoms with E-state index >= 15 is 0 Å². The van der Waals surface area contributed by atoms with Gasteiger partial charge in [-0.05, 0) is 79.7 Å². The van der Waals surface area contributed by atoms with Crippen molar-refractivity contribution in [2.75, 3.05) is 13.1 Å². The Kier molecular flexibility index (Phi) is 6.64. The highest BCUT2D eigenvalue weighted by Gasteiger charge is 2.34. The Balaban J connectivity index is 1.42. The molecule has 1 aromatic heterocycles. The van der Waals surface area contributed by atoms with Gasteiger partial charge in [0.1, 0.15) is 4.21 Å². The second-order valence-corrected chi connectivity index (χ2v) is 12.9. The van der Waals surface area contributed by atoms with E-state index in [-0.39, 0.29) is 12.6 Å². The number of benzene rings is 1. The maximum Gasteiger partial charge on any atom is 0.252 e. The monoisotopic (exact) mass is 468 g/mol. The van der Waals surface area contributed by atoms with E-state index in [0.717, 1.165) is 50.5 Å². The Morgan fingerprint density at radius 3 is 2.57 bits per heavy atom. The third-order valence-electron chi connectivity index (χ3n) is 6.03. The molecular weight excluding hydrogens is 440 g/mol. The van der Waals surface area contributed by atoms with E-state index in [1.807, 2.05) is 6.07 Å². The fraction of sp³-hybridized carbons (Fsp3) is 0.524. The van der Waals surface area contributed by atoms with Crippen molar-refractivity contribution < 1.29 is 16.8 Å². The molecular formula is C21H28N2O4S3. The molecule has 0 amide bonds. The Morgan fingerprint density at radius 2 is 1.80 bits per heavy atom. The Bertz CT molecular complexity index is 1080. The van der Waals surface area contributed by atoms with Crippen LogP contribution in [0.25, 0.3) is 0 Å². The summed E-state index contributed by atoms with van der Waals surface area (Å²) < 4.78 is 56.1. The van der Waals surface area contributed by atoms with Crippen molar-refractivity contribution in [2.45, 2.75) is 66.5 Å². The van der Waals surface area contributed by atoms with Gasteiger partial charge in [0.05, 0.1) is 4.90 Å². The van der Waals surface area contributed by atoms with E-state index in [4.69, 9.17) is 0 Å². The average molecular weight is 469 g/mol. The third-order valence-corrected chi connectivity index (χ3v) is 10.8. The van der Waals surface area contributed by atoms with E-state index in [1.165, 1.54) is 16.9 Å². The molecule has 1 aliphatic heterocycles. The topological polar surface area (TPSA) is 83.6 Å². The Labute approximate surface area is 183 Å². The maximum absolute atomic E-state index is 13.0. The van der Waals surface area contributed by atoms with Gasteiger partial charge >= 0.3 is 0 Å². The average Bonchev–Trinajstić information content (AvgIpc) is 3.29. The van der Waals surface area contributed by atoms with Crippen LogP contribution in [-0.4, -0.2) is 40.3 Å². The summed E-state index contributed by atoms with van der Waals surface area (Å²) >= 11 is 1.22. The minimum absolute atomic E-state index is 0.183. The molecule has 1 fully saturated rings. The molecule has 2 heterocycles. The van der Waals surface area contributed by atoms with Crippen molar-refractivity contribution in [3.63, 3.8) is 0 Å². The van der Waals surface area contributed by atoms with Crippen molar-refractivity contribution in [2.24, 2.45) is 0 Å². The lowest BCUT2D eigenvalue weighted by Gasteiger charge is -2.34. The van der Waals surface area contributed by atoms with Gasteiger partial charge in [0.15, 0.2) is 0 Å². The van der Waals surface area contributed by atoms with Crippen molar-refractivity contribution in [3.8, 4) is 0 Å². The molecule has 1 unspecified atom stereocenters. The summed E-state index contributed by atoms with van der Waals surface area (Å²) in [6.45, 7) is 0.711. The van der Waals surface area contributed by atoms with Gasteiger partial charge < -0.3 is 0 Å². The number of rotatable bonds is 7. The molecule has 1 saturated heterocycles. The summed E-state index contributed by atoms with van der Waals surface area (Å²) in [5.74, 6) is 0. The smallest absolute Gasteiger partial charge is 0.211 e. The molecule has 4 rings (SSSR count). The molecule has 1 aliphatic carbocycles. The first kappa shape index (κ1) is 22.0. The van der Waals surface area contributed by atoms with E-state index in [2.05, 4.69) is 4.72 Å². The van der Waals surface area contributed by atoms with Crippen LogP contribution in [0.1, 0.15) is 49.7 Å². The number of hydrogen-bond acceptors (Lipinski definition) is 5. The van der Waals surface area contributed by atoms with Gasteiger partial charge in [-0.3, -0.25) is 0 Å². The minimum Gasteiger partial charge on any atom is -0.211 e. The highest BCUT2D eigenvalue weighted by molar-refractivity contribution is 7.91. The lowest BCUT2D eigenvalue weighted by molar-refractivity contribution is 0.242. The second-order valence-electron chi connectivity index (χ2n) is 8.02. The van der Waals surface area contributed by atoms with E-state index in [9.17, 15) is 16.8 Å². The van der Waals surface area contributed by atoms with Gasteiger partial charge in [-0.2, -0.15) is 4.31 Å². The van der Waals surface area contributed by atoms with Crippen LogP contribution < -0.4 is 4.72 Å². The number of sulfonamides is 2. The van der Waals surface area contributed by atoms with Crippen molar-refractivity contribution >= 4 is 31.4 Å². The number of aryl methyl sites for hydroxylation is 2. The van der Waals surface area contributed by atoms with E-state index < -0.39 is 20.0 Å². The van der Waals surface area contributed by atoms with Crippen molar-refractivity contribution in [1.82, 2.24) is 9.03 Å². The standard InChI is InChI=1S/C21H28N2O4S3/c24-29(25,20-11-10-17-6-1-2-7-18(17)16-20)22-13-12-19-8-3-4-14-23(19)30(26,27)21-9-5-15-28-21/h5,9-11,15-16,19,22H,1-4,6-8,12-14H2. The van der Waals surface area contributed by atoms with E-state index in [0.29, 0.717) is 22.1 Å². The van der Waals surface area contributed by atoms with Gasteiger partial charge in [0.25, 0.3) is 10.0 Å². The van der Waals surface area contributed by atoms with E-state index in [1.54, 1.807) is 34.0 Å². The molecule has 0 bridgehead atoms. The van der Waals surface area contributed by atoms with Crippen molar-refractivity contribution in [3.05, 3.63) is 46.8 Å². The molecule has 2 aliphatic rings. The molecule has 1 atom stereocenters. The number of hydrogen-bond donors (Lipinski definition) is 1. The van der Waals surface area contributed by atoms with Crippen LogP contribution in [0.15, 0.2) is 44.8 Å². The summed E-state index contributed by atoms with van der Waals surface area (Å²) in [6.07, 6.45) is 7.21. The second kappa shape index (κ2) is 9.08. The Hall–Kier alpha value is -1.26. The van der Waals surface area contributed by atoms with Gasteiger partial charge in [0.2, 0.25) is 10.0 Å². The first-order chi connectivity index (χ1) is 14.4. The number of piperidine rings is 1. The van der Waals surface area contributed by atoms with Gasteiger partial charge in [0, 0.05) is 19.1 Å². The zero-order chi connectivity index (χ0) is 21.2. The summed E-state index contributed by atoms with van der Waals surface area (Å²) in [5.41, 5.74) is 2.38. The summed E-state index contributed by atoms with van der Waals surface area (Å²) in [4.78, 5) is 0.301. The fourth-order valence-corrected chi connectivity index (χ4v) is 8.37. The molecule has 1 N–H and O–H groups in total. The number of nitrogens with zero attached hydrogens (tertiary/aromatic N) is 1. The quantitative estimate of drug-likeness (QED) is 0.674. The lowest BCUT2D eigenvalue weighted by Crippen LogP contribution is -2.44. The zero-order valence-corrected chi connectivity index (χ0v) is 19.4. The predicted octanol–water partition coefficient (Wildman–Crippen LogP) is 3.54. The summed E-state index contributed by atoms with van der Waals surface area (Å²) in [7, 11) is -7.13. The predicted molar refractivity (Wildman–Crippen MR) is 119 cm³/mol. The Morgan fingerprint density at radius 1 is 1.00 bits per heavy atom. The number of fused-ring (bicyclic) bond motifs is 1. The van der Waals surface area contributed by atoms with Gasteiger partial charge in [-0.15, -0.1) is 11.3 Å². The van der Waals surface area contributed by atoms with Gasteiger partial charge in [-0.1, -0.05) is 18.6 Å². The van der Waals surface area contributed by atoms with Crippen LogP contribution in [0.5, 0.6) is 0 Å². The highest BCUT2D eigenvalue weighted by Crippen LogP contribution is 2.29. The number of thiophene rings is 1. The zero-order valence-electron chi connectivity index (χ0n) is 16.9. The SMILES string of the molecule is O=S(=O)(NCCC1CCCCN1S(=O)(=O)c1cccs1)c1ccc2c(c1)CCCC2. The molecule has 30 heavy (non-hydrogen) atoms. The molecule has 164 valence electrons. The highest BCUT2D eigenvalue weighted by atomic mass is 32.2. The van der Waals surface area contributed by atoms with Crippen LogP contribution in [0, 0.1) is 0 Å². The normalized spacial score (nSPS) is 20.7. The van der Waals surface area contributed by atoms with Crippen molar-refractivity contribution in [1.29, 1.82) is 0 Å². The minimum atomic E-state index is -3.61. The van der Waals surface area contributed by atoms with Crippen LogP contribution in [0.2, 0.25) is 0 Å². The molecule has 6 nitrogen and oxygen atoms in total. The first-order valence-corrected chi connectivity index (χ1v) is 14.3. The summed E-state index contributed by atoms with van der Waals surface area (Å²) in [6, 6.07) is 8.59. The fourth-order valence-electron chi connectivity index (χ4n) is 4.42. The summed E-state index contributed by atoms with van der Waals surface area (Å²) in [5, 5.41) is 1.76. The third kappa shape index (κ3) is 4.65. The van der Waals surface area contributed by atoms with Crippen LogP contribution in [-0.2, 0) is 32.9 Å². The molecule has 0 radical (unpaired) electrons. The van der Waals surface area contributed by atoms with Crippen LogP contribution >= 0.6 is 11.3 Å². The molecule has 9 heteroatoms. The first-order valence-electron chi connectivity index (χ1n) is 10.5. The van der Waals surface area contributed by atoms with Crippen LogP contribution in [0.4, 0.5) is 0 Å². The number of nitrogens with one attached hydrogen (secondary N) is 1. The molecule has 0 spiro atoms. The molecule has 0 saturated carbocycles. The van der Waals surface area contributed by atoms with Gasteiger partial charge in [-0.25, -0.2) is 21.6 Å². The largest absolute Gasteiger partial charge is 0.252 e. The molecule has 1 aromatic carbocycles. The van der Waals surface area contributed by atoms with Crippen LogP contribution in [0.3, 0.4) is 0 Å². The maximum atomic E-state index is 13.0. The lowest BCUT2D eigenvalue weighted by atomic mass is 9.92.